The monoisotopic (exact) mass is 296 g/mol. The molecule has 1 aromatic rings. The third kappa shape index (κ3) is 3.97. The molecule has 1 N–H and O–H groups in total. The number of hydrogen-bond acceptors (Lipinski definition) is 2. The minimum atomic E-state index is -4.20. The van der Waals surface area contributed by atoms with E-state index in [4.69, 9.17) is 5.26 Å². The molecule has 0 heterocycles. The summed E-state index contributed by atoms with van der Waals surface area (Å²) >= 11 is 0. The van der Waals surface area contributed by atoms with Gasteiger partial charge >= 0.3 is 6.18 Å². The molecule has 1 saturated carbocycles. The van der Waals surface area contributed by atoms with E-state index in [1.165, 1.54) is 24.3 Å². The van der Waals surface area contributed by atoms with E-state index in [9.17, 15) is 18.0 Å². The van der Waals surface area contributed by atoms with Gasteiger partial charge in [-0.1, -0.05) is 6.42 Å². The van der Waals surface area contributed by atoms with Crippen molar-refractivity contribution in [2.75, 3.05) is 0 Å². The molecule has 112 valence electrons. The number of carbonyl (C=O) groups is 1. The molecule has 1 amide bonds. The van der Waals surface area contributed by atoms with Gasteiger partial charge in [-0.2, -0.15) is 18.4 Å². The summed E-state index contributed by atoms with van der Waals surface area (Å²) in [5.74, 6) is -1.73. The predicted molar refractivity (Wildman–Crippen MR) is 70.4 cm³/mol. The van der Waals surface area contributed by atoms with Crippen molar-refractivity contribution in [3.8, 4) is 6.07 Å². The van der Waals surface area contributed by atoms with Crippen LogP contribution in [0, 0.1) is 17.2 Å². The van der Waals surface area contributed by atoms with Gasteiger partial charge in [-0.05, 0) is 43.5 Å². The van der Waals surface area contributed by atoms with Crippen molar-refractivity contribution < 1.29 is 18.0 Å². The maximum atomic E-state index is 12.7. The van der Waals surface area contributed by atoms with Crippen LogP contribution in [-0.4, -0.2) is 18.1 Å². The predicted octanol–water partition coefficient (Wildman–Crippen LogP) is 3.41. The highest BCUT2D eigenvalue weighted by Gasteiger charge is 2.42. The van der Waals surface area contributed by atoms with E-state index in [-0.39, 0.29) is 12.8 Å². The molecule has 1 aliphatic rings. The molecular weight excluding hydrogens is 281 g/mol. The number of alkyl halides is 3. The summed E-state index contributed by atoms with van der Waals surface area (Å²) in [5, 5.41) is 11.3. The fourth-order valence-corrected chi connectivity index (χ4v) is 2.58. The summed E-state index contributed by atoms with van der Waals surface area (Å²) in [7, 11) is 0. The standard InChI is InChI=1S/C15H15F3N2O/c16-15(17,18)12-2-1-3-13(8-12)20-14(21)11-6-4-10(9-19)5-7-11/h4-7,12-13H,1-3,8H2,(H,20,21)/t12-,13+/m0/s1. The molecule has 0 aromatic heterocycles. The van der Waals surface area contributed by atoms with Gasteiger partial charge in [0.15, 0.2) is 0 Å². The molecular formula is C15H15F3N2O. The van der Waals surface area contributed by atoms with Crippen LogP contribution in [0.3, 0.4) is 0 Å². The van der Waals surface area contributed by atoms with Crippen LogP contribution >= 0.6 is 0 Å². The van der Waals surface area contributed by atoms with Crippen molar-refractivity contribution in [1.82, 2.24) is 5.32 Å². The molecule has 2 rings (SSSR count). The molecule has 6 heteroatoms. The average Bonchev–Trinajstić information content (AvgIpc) is 2.47. The van der Waals surface area contributed by atoms with Gasteiger partial charge < -0.3 is 5.32 Å². The number of nitrogens with zero attached hydrogens (tertiary/aromatic N) is 1. The molecule has 3 nitrogen and oxygen atoms in total. The second kappa shape index (κ2) is 6.17. The number of halogens is 3. The Balaban J connectivity index is 1.97. The lowest BCUT2D eigenvalue weighted by Gasteiger charge is -2.31. The Morgan fingerprint density at radius 3 is 2.48 bits per heavy atom. The molecule has 2 atom stereocenters. The Hall–Kier alpha value is -2.03. The summed E-state index contributed by atoms with van der Waals surface area (Å²) < 4.78 is 38.1. The maximum Gasteiger partial charge on any atom is 0.391 e. The third-order valence-electron chi connectivity index (χ3n) is 3.75. The molecule has 1 aromatic carbocycles. The number of amides is 1. The molecule has 0 radical (unpaired) electrons. The van der Waals surface area contributed by atoms with Crippen LogP contribution in [-0.2, 0) is 0 Å². The van der Waals surface area contributed by atoms with Gasteiger partial charge in [0.1, 0.15) is 0 Å². The highest BCUT2D eigenvalue weighted by molar-refractivity contribution is 5.94. The van der Waals surface area contributed by atoms with E-state index in [1.54, 1.807) is 0 Å². The minimum absolute atomic E-state index is 0.0640. The van der Waals surface area contributed by atoms with Gasteiger partial charge in [0, 0.05) is 11.6 Å². The minimum Gasteiger partial charge on any atom is -0.349 e. The van der Waals surface area contributed by atoms with E-state index >= 15 is 0 Å². The lowest BCUT2D eigenvalue weighted by molar-refractivity contribution is -0.183. The van der Waals surface area contributed by atoms with Crippen molar-refractivity contribution >= 4 is 5.91 Å². The van der Waals surface area contributed by atoms with E-state index in [1.807, 2.05) is 6.07 Å². The Kier molecular flexibility index (Phi) is 4.51. The van der Waals surface area contributed by atoms with Gasteiger partial charge in [-0.3, -0.25) is 4.79 Å². The van der Waals surface area contributed by atoms with Crippen LogP contribution in [0.5, 0.6) is 0 Å². The topological polar surface area (TPSA) is 52.9 Å². The van der Waals surface area contributed by atoms with Gasteiger partial charge in [-0.25, -0.2) is 0 Å². The smallest absolute Gasteiger partial charge is 0.349 e. The fraction of sp³-hybridized carbons (Fsp3) is 0.467. The van der Waals surface area contributed by atoms with Gasteiger partial charge in [0.2, 0.25) is 0 Å². The zero-order valence-corrected chi connectivity index (χ0v) is 11.3. The first-order valence-electron chi connectivity index (χ1n) is 6.78. The molecule has 1 aliphatic carbocycles. The van der Waals surface area contributed by atoms with E-state index < -0.39 is 24.0 Å². The number of carbonyl (C=O) groups excluding carboxylic acids is 1. The maximum absolute atomic E-state index is 12.7. The Morgan fingerprint density at radius 1 is 1.24 bits per heavy atom. The summed E-state index contributed by atoms with van der Waals surface area (Å²) in [6.45, 7) is 0. The van der Waals surface area contributed by atoms with Crippen molar-refractivity contribution in [3.63, 3.8) is 0 Å². The summed E-state index contributed by atoms with van der Waals surface area (Å²) in [4.78, 5) is 12.0. The molecule has 0 aliphatic heterocycles. The third-order valence-corrected chi connectivity index (χ3v) is 3.75. The van der Waals surface area contributed by atoms with Gasteiger partial charge in [-0.15, -0.1) is 0 Å². The van der Waals surface area contributed by atoms with Crippen LogP contribution in [0.25, 0.3) is 0 Å². The van der Waals surface area contributed by atoms with Crippen LogP contribution in [0.4, 0.5) is 13.2 Å². The first-order valence-corrected chi connectivity index (χ1v) is 6.78. The van der Waals surface area contributed by atoms with E-state index in [0.717, 1.165) is 0 Å². The van der Waals surface area contributed by atoms with Crippen LogP contribution in [0.1, 0.15) is 41.6 Å². The number of nitriles is 1. The number of hydrogen-bond donors (Lipinski definition) is 1. The second-order valence-electron chi connectivity index (χ2n) is 5.26. The summed E-state index contributed by atoms with van der Waals surface area (Å²) in [6.07, 6.45) is -3.10. The summed E-state index contributed by atoms with van der Waals surface area (Å²) in [6, 6.07) is 7.50. The number of nitrogens with one attached hydrogen (secondary N) is 1. The summed E-state index contributed by atoms with van der Waals surface area (Å²) in [5.41, 5.74) is 0.782. The largest absolute Gasteiger partial charge is 0.391 e. The fourth-order valence-electron chi connectivity index (χ4n) is 2.58. The second-order valence-corrected chi connectivity index (χ2v) is 5.26. The highest BCUT2D eigenvalue weighted by atomic mass is 19.4. The van der Waals surface area contributed by atoms with Crippen molar-refractivity contribution in [1.29, 1.82) is 5.26 Å². The van der Waals surface area contributed by atoms with Crippen molar-refractivity contribution in [2.24, 2.45) is 5.92 Å². The van der Waals surface area contributed by atoms with Gasteiger partial charge in [0.05, 0.1) is 17.6 Å². The Bertz CT molecular complexity index is 546. The van der Waals surface area contributed by atoms with Crippen LogP contribution in [0.2, 0.25) is 0 Å². The average molecular weight is 296 g/mol. The van der Waals surface area contributed by atoms with Gasteiger partial charge in [0.25, 0.3) is 5.91 Å². The van der Waals surface area contributed by atoms with E-state index in [0.29, 0.717) is 24.0 Å². The molecule has 1 fully saturated rings. The Morgan fingerprint density at radius 2 is 1.90 bits per heavy atom. The van der Waals surface area contributed by atoms with Crippen LogP contribution < -0.4 is 5.32 Å². The van der Waals surface area contributed by atoms with Crippen LogP contribution in [0.15, 0.2) is 24.3 Å². The highest BCUT2D eigenvalue weighted by Crippen LogP contribution is 2.37. The first kappa shape index (κ1) is 15.4. The van der Waals surface area contributed by atoms with Crippen molar-refractivity contribution in [3.05, 3.63) is 35.4 Å². The molecule has 0 saturated heterocycles. The lowest BCUT2D eigenvalue weighted by Crippen LogP contribution is -2.41. The Labute approximate surface area is 120 Å². The zero-order valence-electron chi connectivity index (χ0n) is 11.3. The quantitative estimate of drug-likeness (QED) is 0.909. The lowest BCUT2D eigenvalue weighted by atomic mass is 9.85. The SMILES string of the molecule is N#Cc1ccc(C(=O)N[C@@H]2CCC[C@H](C(F)(F)F)C2)cc1. The first-order chi connectivity index (χ1) is 9.90. The van der Waals surface area contributed by atoms with Crippen molar-refractivity contribution in [2.45, 2.75) is 37.9 Å². The molecule has 0 spiro atoms. The normalized spacial score (nSPS) is 22.4. The number of rotatable bonds is 2. The molecule has 0 unspecified atom stereocenters. The molecule has 21 heavy (non-hydrogen) atoms. The molecule has 0 bridgehead atoms. The zero-order chi connectivity index (χ0) is 15.5. The number of benzene rings is 1. The van der Waals surface area contributed by atoms with E-state index in [2.05, 4.69) is 5.32 Å².